The second-order valence-corrected chi connectivity index (χ2v) is 9.60. The molecule has 0 aliphatic rings. The predicted molar refractivity (Wildman–Crippen MR) is 145 cm³/mol. The minimum atomic E-state index is -0.377. The first-order valence-electron chi connectivity index (χ1n) is 9.61. The van der Waals surface area contributed by atoms with Crippen LogP contribution < -0.4 is 20.2 Å². The van der Waals surface area contributed by atoms with Crippen molar-refractivity contribution < 1.29 is 19.1 Å². The molecule has 2 amide bonds. The maximum Gasteiger partial charge on any atom is 0.271 e. The van der Waals surface area contributed by atoms with Gasteiger partial charge in [-0.15, -0.1) is 0 Å². The van der Waals surface area contributed by atoms with Crippen LogP contribution >= 0.6 is 61.7 Å². The number of rotatable bonds is 8. The van der Waals surface area contributed by atoms with Crippen LogP contribution in [0.15, 0.2) is 64.2 Å². The predicted octanol–water partition coefficient (Wildman–Crippen LogP) is 6.15. The summed E-state index contributed by atoms with van der Waals surface area (Å²) in [7, 11) is 1.49. The Hall–Kier alpha value is -2.34. The molecule has 0 fully saturated rings. The van der Waals surface area contributed by atoms with Gasteiger partial charge in [-0.1, -0.05) is 39.1 Å². The van der Waals surface area contributed by atoms with Crippen LogP contribution in [0.25, 0.3) is 0 Å². The van der Waals surface area contributed by atoms with E-state index in [9.17, 15) is 9.59 Å². The van der Waals surface area contributed by atoms with Crippen LogP contribution in [-0.4, -0.2) is 31.7 Å². The lowest BCUT2D eigenvalue weighted by atomic mass is 10.2. The van der Waals surface area contributed by atoms with E-state index in [2.05, 4.69) is 54.4 Å². The lowest BCUT2D eigenvalue weighted by Gasteiger charge is -2.13. The molecule has 0 radical (unpaired) electrons. The van der Waals surface area contributed by atoms with Crippen molar-refractivity contribution in [3.8, 4) is 11.5 Å². The fraction of sp³-hybridized carbons (Fsp3) is 0.0870. The second kappa shape index (κ2) is 12.4. The molecule has 3 aromatic carbocycles. The van der Waals surface area contributed by atoms with Crippen LogP contribution in [0.1, 0.15) is 15.9 Å². The van der Waals surface area contributed by atoms with Gasteiger partial charge < -0.3 is 14.8 Å². The summed E-state index contributed by atoms with van der Waals surface area (Å²) >= 11 is 17.3. The van der Waals surface area contributed by atoms with Gasteiger partial charge in [0.2, 0.25) is 0 Å². The van der Waals surface area contributed by atoms with Crippen LogP contribution in [0, 0.1) is 3.57 Å². The Morgan fingerprint density at radius 3 is 2.50 bits per heavy atom. The average Bonchev–Trinajstić information content (AvgIpc) is 2.80. The van der Waals surface area contributed by atoms with Crippen LogP contribution in [0.4, 0.5) is 5.69 Å². The molecule has 2 N–H and O–H groups in total. The highest BCUT2D eigenvalue weighted by Crippen LogP contribution is 2.33. The molecule has 0 aliphatic carbocycles. The molecule has 0 bridgehead atoms. The van der Waals surface area contributed by atoms with E-state index in [-0.39, 0.29) is 18.4 Å². The zero-order chi connectivity index (χ0) is 24.7. The number of carbonyl (C=O) groups is 2. The second-order valence-electron chi connectivity index (χ2n) is 6.71. The van der Waals surface area contributed by atoms with Crippen molar-refractivity contribution >= 4 is 85.4 Å². The van der Waals surface area contributed by atoms with Crippen molar-refractivity contribution in [1.82, 2.24) is 5.43 Å². The molecule has 0 aromatic heterocycles. The summed E-state index contributed by atoms with van der Waals surface area (Å²) in [6, 6.07) is 15.2. The minimum absolute atomic E-state index is 0.247. The largest absolute Gasteiger partial charge is 0.493 e. The molecule has 0 saturated heterocycles. The number of amides is 2. The first-order chi connectivity index (χ1) is 16.3. The molecule has 176 valence electrons. The highest BCUT2D eigenvalue weighted by molar-refractivity contribution is 14.1. The van der Waals surface area contributed by atoms with Gasteiger partial charge in [-0.3, -0.25) is 9.59 Å². The zero-order valence-electron chi connectivity index (χ0n) is 17.6. The molecule has 0 aliphatic heterocycles. The number of nitrogens with one attached hydrogen (secondary N) is 2. The number of nitrogens with zero attached hydrogens (tertiary/aromatic N) is 1. The first-order valence-corrected chi connectivity index (χ1v) is 12.2. The maximum absolute atomic E-state index is 12.3. The Balaban J connectivity index is 1.62. The van der Waals surface area contributed by atoms with Crippen molar-refractivity contribution in [3.63, 3.8) is 0 Å². The monoisotopic (exact) mass is 675 g/mol. The third-order valence-electron chi connectivity index (χ3n) is 4.29. The standard InChI is InChI=1S/C23H17BrCl2IN3O4/c1-33-20-9-13(11-28-30-23(32)14-2-4-15(24)5-3-14)8-19(27)22(20)34-12-21(31)29-16-6-7-17(25)18(26)10-16/h2-11H,12H2,1H3,(H,29,31)(H,30,32)/b28-11+. The lowest BCUT2D eigenvalue weighted by Crippen LogP contribution is -2.20. The van der Waals surface area contributed by atoms with Gasteiger partial charge in [-0.05, 0) is 82.8 Å². The third-order valence-corrected chi connectivity index (χ3v) is 6.36. The van der Waals surface area contributed by atoms with E-state index in [4.69, 9.17) is 32.7 Å². The van der Waals surface area contributed by atoms with E-state index in [1.54, 1.807) is 54.6 Å². The Morgan fingerprint density at radius 1 is 1.09 bits per heavy atom. The average molecular weight is 677 g/mol. The van der Waals surface area contributed by atoms with Crippen molar-refractivity contribution in [2.45, 2.75) is 0 Å². The van der Waals surface area contributed by atoms with Gasteiger partial charge in [0.1, 0.15) is 0 Å². The topological polar surface area (TPSA) is 89.0 Å². The highest BCUT2D eigenvalue weighted by Gasteiger charge is 2.14. The summed E-state index contributed by atoms with van der Waals surface area (Å²) in [6.45, 7) is -0.247. The van der Waals surface area contributed by atoms with Gasteiger partial charge in [0.05, 0.1) is 26.9 Å². The number of carbonyl (C=O) groups excluding carboxylic acids is 2. The summed E-state index contributed by atoms with van der Waals surface area (Å²) in [4.78, 5) is 24.4. The molecule has 0 spiro atoms. The number of halogens is 4. The van der Waals surface area contributed by atoms with E-state index in [1.165, 1.54) is 13.3 Å². The van der Waals surface area contributed by atoms with Crippen molar-refractivity contribution in [3.05, 3.63) is 83.8 Å². The number of hydrazone groups is 1. The normalized spacial score (nSPS) is 10.7. The molecule has 0 unspecified atom stereocenters. The summed E-state index contributed by atoms with van der Waals surface area (Å²) in [5, 5.41) is 7.42. The van der Waals surface area contributed by atoms with Crippen LogP contribution in [0.3, 0.4) is 0 Å². The van der Waals surface area contributed by atoms with E-state index < -0.39 is 0 Å². The Morgan fingerprint density at radius 2 is 1.82 bits per heavy atom. The van der Waals surface area contributed by atoms with Crippen LogP contribution in [0.5, 0.6) is 11.5 Å². The number of methoxy groups -OCH3 is 1. The summed E-state index contributed by atoms with van der Waals surface area (Å²) in [5.41, 5.74) is 4.13. The van der Waals surface area contributed by atoms with Crippen molar-refractivity contribution in [1.29, 1.82) is 0 Å². The molecule has 0 atom stereocenters. The summed E-state index contributed by atoms with van der Waals surface area (Å²) in [5.74, 6) is 0.106. The number of anilines is 1. The smallest absolute Gasteiger partial charge is 0.271 e. The molecule has 0 saturated carbocycles. The van der Waals surface area contributed by atoms with Gasteiger partial charge >= 0.3 is 0 Å². The quantitative estimate of drug-likeness (QED) is 0.170. The Bertz CT molecular complexity index is 1240. The Kier molecular flexibility index (Phi) is 9.57. The molecule has 3 rings (SSSR count). The fourth-order valence-electron chi connectivity index (χ4n) is 2.69. The molecule has 7 nitrogen and oxygen atoms in total. The first kappa shape index (κ1) is 26.3. The van der Waals surface area contributed by atoms with E-state index >= 15 is 0 Å². The lowest BCUT2D eigenvalue weighted by molar-refractivity contribution is -0.118. The van der Waals surface area contributed by atoms with Gasteiger partial charge in [0, 0.05) is 15.7 Å². The van der Waals surface area contributed by atoms with Gasteiger partial charge in [0.15, 0.2) is 18.1 Å². The minimum Gasteiger partial charge on any atom is -0.493 e. The van der Waals surface area contributed by atoms with Crippen LogP contribution in [0.2, 0.25) is 10.0 Å². The third kappa shape index (κ3) is 7.33. The van der Waals surface area contributed by atoms with Crippen LogP contribution in [-0.2, 0) is 4.79 Å². The fourth-order valence-corrected chi connectivity index (χ4v) is 4.04. The van der Waals surface area contributed by atoms with Gasteiger partial charge in [0.25, 0.3) is 11.8 Å². The number of hydrogen-bond acceptors (Lipinski definition) is 5. The number of benzene rings is 3. The maximum atomic E-state index is 12.3. The number of hydrogen-bond donors (Lipinski definition) is 2. The van der Waals surface area contributed by atoms with E-state index in [0.717, 1.165) is 4.47 Å². The zero-order valence-corrected chi connectivity index (χ0v) is 22.8. The molecule has 3 aromatic rings. The van der Waals surface area contributed by atoms with Gasteiger partial charge in [-0.25, -0.2) is 5.43 Å². The molecule has 11 heteroatoms. The van der Waals surface area contributed by atoms with E-state index in [0.29, 0.717) is 41.9 Å². The molecular weight excluding hydrogens is 660 g/mol. The number of ether oxygens (including phenoxy) is 2. The Labute approximate surface area is 228 Å². The summed E-state index contributed by atoms with van der Waals surface area (Å²) in [6.07, 6.45) is 1.49. The van der Waals surface area contributed by atoms with Crippen molar-refractivity contribution in [2.75, 3.05) is 19.0 Å². The molecule has 34 heavy (non-hydrogen) atoms. The highest BCUT2D eigenvalue weighted by atomic mass is 127. The SMILES string of the molecule is COc1cc(/C=N/NC(=O)c2ccc(Br)cc2)cc(I)c1OCC(=O)Nc1ccc(Cl)c(Cl)c1. The van der Waals surface area contributed by atoms with E-state index in [1.807, 2.05) is 0 Å². The molecular formula is C23H17BrCl2IN3O4. The van der Waals surface area contributed by atoms with Gasteiger partial charge in [-0.2, -0.15) is 5.10 Å². The summed E-state index contributed by atoms with van der Waals surface area (Å²) < 4.78 is 12.7. The van der Waals surface area contributed by atoms with Crippen molar-refractivity contribution in [2.24, 2.45) is 5.10 Å². The molecule has 0 heterocycles.